The molecule has 0 fully saturated rings. The Hall–Kier alpha value is -1.17. The van der Waals surface area contributed by atoms with E-state index in [-0.39, 0.29) is 28.1 Å². The van der Waals surface area contributed by atoms with Crippen molar-refractivity contribution in [2.45, 2.75) is 37.1 Å². The molecule has 0 heterocycles. The molecule has 0 bridgehead atoms. The number of hydrogen-bond acceptors (Lipinski definition) is 2. The van der Waals surface area contributed by atoms with Crippen molar-refractivity contribution < 1.29 is 18.0 Å². The summed E-state index contributed by atoms with van der Waals surface area (Å²) >= 11 is -0.238. The molecular weight excluding hydrogens is 287 g/mol. The maximum Gasteiger partial charge on any atom is 0.446 e. The maximum absolute atomic E-state index is 12.5. The summed E-state index contributed by atoms with van der Waals surface area (Å²) in [4.78, 5) is 13.9. The molecule has 112 valence electrons. The highest BCUT2D eigenvalue weighted by Gasteiger charge is 2.31. The number of carbonyl (C=O) groups is 1. The van der Waals surface area contributed by atoms with Gasteiger partial charge in [0.2, 0.25) is 0 Å². The number of halogens is 3. The van der Waals surface area contributed by atoms with Gasteiger partial charge in [0.15, 0.2) is 0 Å². The molecule has 0 saturated heterocycles. The zero-order valence-electron chi connectivity index (χ0n) is 11.5. The Kier molecular flexibility index (Phi) is 6.39. The van der Waals surface area contributed by atoms with Crippen molar-refractivity contribution in [1.82, 2.24) is 4.90 Å². The number of hydrogen-bond donors (Lipinski definition) is 0. The maximum atomic E-state index is 12.5. The highest BCUT2D eigenvalue weighted by molar-refractivity contribution is 8.00. The Morgan fingerprint density at radius 1 is 1.15 bits per heavy atom. The van der Waals surface area contributed by atoms with Gasteiger partial charge in [-0.2, -0.15) is 13.2 Å². The van der Waals surface area contributed by atoms with E-state index in [0.717, 1.165) is 12.8 Å². The first-order valence-corrected chi connectivity index (χ1v) is 7.34. The second-order valence-electron chi connectivity index (χ2n) is 4.34. The lowest BCUT2D eigenvalue weighted by Crippen LogP contribution is -2.32. The molecular formula is C14H18F3NOS. The minimum absolute atomic E-state index is 0.0396. The zero-order chi connectivity index (χ0) is 15.2. The van der Waals surface area contributed by atoms with Gasteiger partial charge in [0.1, 0.15) is 0 Å². The highest BCUT2D eigenvalue weighted by Crippen LogP contribution is 2.38. The third-order valence-electron chi connectivity index (χ3n) is 2.62. The molecule has 0 spiro atoms. The fourth-order valence-corrected chi connectivity index (χ4v) is 2.54. The lowest BCUT2D eigenvalue weighted by molar-refractivity contribution is -0.0328. The van der Waals surface area contributed by atoms with Gasteiger partial charge in [-0.15, -0.1) is 0 Å². The van der Waals surface area contributed by atoms with E-state index in [1.807, 2.05) is 13.8 Å². The average Bonchev–Trinajstić information content (AvgIpc) is 2.36. The topological polar surface area (TPSA) is 20.3 Å². The molecule has 0 unspecified atom stereocenters. The molecule has 1 aromatic rings. The molecule has 20 heavy (non-hydrogen) atoms. The molecule has 0 aromatic heterocycles. The van der Waals surface area contributed by atoms with Crippen molar-refractivity contribution in [2.24, 2.45) is 0 Å². The van der Waals surface area contributed by atoms with Gasteiger partial charge < -0.3 is 4.90 Å². The Bertz CT molecular complexity index is 442. The van der Waals surface area contributed by atoms with Crippen molar-refractivity contribution in [3.63, 3.8) is 0 Å². The lowest BCUT2D eigenvalue weighted by atomic mass is 10.2. The first-order chi connectivity index (χ1) is 9.39. The van der Waals surface area contributed by atoms with E-state index in [4.69, 9.17) is 0 Å². The van der Waals surface area contributed by atoms with Crippen molar-refractivity contribution >= 4 is 17.7 Å². The number of benzene rings is 1. The van der Waals surface area contributed by atoms with E-state index in [2.05, 4.69) is 0 Å². The summed E-state index contributed by atoms with van der Waals surface area (Å²) in [5.41, 5.74) is -4.27. The number of alkyl halides is 3. The van der Waals surface area contributed by atoms with E-state index in [1.165, 1.54) is 18.2 Å². The lowest BCUT2D eigenvalue weighted by Gasteiger charge is -2.22. The van der Waals surface area contributed by atoms with Crippen molar-refractivity contribution in [3.8, 4) is 0 Å². The molecule has 0 N–H and O–H groups in total. The molecule has 0 aliphatic heterocycles. The predicted molar refractivity (Wildman–Crippen MR) is 74.8 cm³/mol. The van der Waals surface area contributed by atoms with Crippen molar-refractivity contribution in [1.29, 1.82) is 0 Å². The zero-order valence-corrected chi connectivity index (χ0v) is 12.4. The Labute approximate surface area is 121 Å². The highest BCUT2D eigenvalue weighted by atomic mass is 32.2. The van der Waals surface area contributed by atoms with Crippen LogP contribution < -0.4 is 0 Å². The largest absolute Gasteiger partial charge is 0.446 e. The van der Waals surface area contributed by atoms with Crippen LogP contribution in [0.2, 0.25) is 0 Å². The molecule has 0 atom stereocenters. The van der Waals surface area contributed by atoms with E-state index in [0.29, 0.717) is 13.1 Å². The third kappa shape index (κ3) is 5.07. The van der Waals surface area contributed by atoms with Crippen LogP contribution >= 0.6 is 11.8 Å². The quantitative estimate of drug-likeness (QED) is 0.718. The molecule has 0 saturated carbocycles. The van der Waals surface area contributed by atoms with Crippen LogP contribution in [0.1, 0.15) is 37.0 Å². The number of rotatable bonds is 6. The average molecular weight is 305 g/mol. The van der Waals surface area contributed by atoms with E-state index in [1.54, 1.807) is 11.0 Å². The smallest absolute Gasteiger partial charge is 0.339 e. The Morgan fingerprint density at radius 3 is 2.20 bits per heavy atom. The Morgan fingerprint density at radius 2 is 1.70 bits per heavy atom. The first-order valence-electron chi connectivity index (χ1n) is 6.53. The molecule has 0 radical (unpaired) electrons. The van der Waals surface area contributed by atoms with Crippen molar-refractivity contribution in [3.05, 3.63) is 29.8 Å². The molecule has 1 aromatic carbocycles. The third-order valence-corrected chi connectivity index (χ3v) is 3.42. The van der Waals surface area contributed by atoms with Gasteiger partial charge in [-0.1, -0.05) is 26.0 Å². The number of amides is 1. The summed E-state index contributed by atoms with van der Waals surface area (Å²) in [5, 5.41) is 0. The van der Waals surface area contributed by atoms with Crippen LogP contribution in [-0.4, -0.2) is 29.4 Å². The van der Waals surface area contributed by atoms with Crippen molar-refractivity contribution in [2.75, 3.05) is 13.1 Å². The predicted octanol–water partition coefficient (Wildman–Crippen LogP) is 4.56. The minimum Gasteiger partial charge on any atom is -0.339 e. The summed E-state index contributed by atoms with van der Waals surface area (Å²) in [6.45, 7) is 4.98. The van der Waals surface area contributed by atoms with Gasteiger partial charge in [0.05, 0.1) is 5.56 Å². The van der Waals surface area contributed by atoms with E-state index < -0.39 is 5.51 Å². The van der Waals surface area contributed by atoms with Crippen LogP contribution in [0, 0.1) is 0 Å². The van der Waals surface area contributed by atoms with Gasteiger partial charge in [0.25, 0.3) is 5.91 Å². The fraction of sp³-hybridized carbons (Fsp3) is 0.500. The summed E-state index contributed by atoms with van der Waals surface area (Å²) in [7, 11) is 0. The molecule has 1 rings (SSSR count). The van der Waals surface area contributed by atoms with E-state index >= 15 is 0 Å². The SMILES string of the molecule is CCCN(CCC)C(=O)c1ccccc1SC(F)(F)F. The standard InChI is InChI=1S/C14H18F3NOS/c1-3-9-18(10-4-2)13(19)11-7-5-6-8-12(11)20-14(15,16)17/h5-8H,3-4,9-10H2,1-2H3. The van der Waals surface area contributed by atoms with Crippen LogP contribution in [0.5, 0.6) is 0 Å². The second-order valence-corrected chi connectivity index (χ2v) is 5.44. The molecule has 0 aliphatic rings. The molecule has 0 aliphatic carbocycles. The van der Waals surface area contributed by atoms with Crippen LogP contribution in [0.3, 0.4) is 0 Å². The summed E-state index contributed by atoms with van der Waals surface area (Å²) < 4.78 is 37.6. The van der Waals surface area contributed by atoms with Crippen LogP contribution in [-0.2, 0) is 0 Å². The molecule has 6 heteroatoms. The van der Waals surface area contributed by atoms with Gasteiger partial charge in [-0.05, 0) is 36.7 Å². The van der Waals surface area contributed by atoms with Crippen LogP contribution in [0.25, 0.3) is 0 Å². The summed E-state index contributed by atoms with van der Waals surface area (Å²) in [6, 6.07) is 5.88. The number of nitrogens with zero attached hydrogens (tertiary/aromatic N) is 1. The normalized spacial score (nSPS) is 11.4. The summed E-state index contributed by atoms with van der Waals surface area (Å²) in [6.07, 6.45) is 1.56. The van der Waals surface area contributed by atoms with Crippen LogP contribution in [0.15, 0.2) is 29.2 Å². The number of thioether (sulfide) groups is 1. The monoisotopic (exact) mass is 305 g/mol. The Balaban J connectivity index is 3.02. The second kappa shape index (κ2) is 7.57. The van der Waals surface area contributed by atoms with Gasteiger partial charge >= 0.3 is 5.51 Å². The van der Waals surface area contributed by atoms with Gasteiger partial charge in [-0.25, -0.2) is 0 Å². The van der Waals surface area contributed by atoms with Gasteiger partial charge in [0, 0.05) is 18.0 Å². The summed E-state index contributed by atoms with van der Waals surface area (Å²) in [5.74, 6) is -0.332. The van der Waals surface area contributed by atoms with Crippen LogP contribution in [0.4, 0.5) is 13.2 Å². The first kappa shape index (κ1) is 16.9. The van der Waals surface area contributed by atoms with Gasteiger partial charge in [-0.3, -0.25) is 4.79 Å². The fourth-order valence-electron chi connectivity index (χ4n) is 1.88. The number of carbonyl (C=O) groups excluding carboxylic acids is 1. The molecule has 1 amide bonds. The van der Waals surface area contributed by atoms with E-state index in [9.17, 15) is 18.0 Å². The molecule has 2 nitrogen and oxygen atoms in total. The minimum atomic E-state index is -4.39.